The Morgan fingerprint density at radius 2 is 2.04 bits per heavy atom. The highest BCUT2D eigenvalue weighted by atomic mass is 32.2. The van der Waals surface area contributed by atoms with Crippen LogP contribution in [0.15, 0.2) is 48.7 Å². The molecule has 0 saturated heterocycles. The first-order valence-electron chi connectivity index (χ1n) is 8.38. The Balaban J connectivity index is 1.72. The Kier molecular flexibility index (Phi) is 6.60. The number of aromatic nitrogens is 1. The number of nitrogens with one attached hydrogen (secondary N) is 1. The summed E-state index contributed by atoms with van der Waals surface area (Å²) in [5.74, 6) is 1.41. The quantitative estimate of drug-likeness (QED) is 0.561. The number of hydrogen-bond acceptors (Lipinski definition) is 5. The largest absolute Gasteiger partial charge is 0.396 e. The predicted octanol–water partition coefficient (Wildman–Crippen LogP) is 4.74. The normalized spacial score (nSPS) is 10.8. The zero-order valence-corrected chi connectivity index (χ0v) is 16.4. The van der Waals surface area contributed by atoms with Crippen LogP contribution in [-0.2, 0) is 5.75 Å². The molecule has 0 fully saturated rings. The van der Waals surface area contributed by atoms with Crippen molar-refractivity contribution < 1.29 is 14.3 Å². The van der Waals surface area contributed by atoms with Gasteiger partial charge in [-0.15, -0.1) is 11.3 Å². The summed E-state index contributed by atoms with van der Waals surface area (Å²) in [6.45, 7) is 2.09. The van der Waals surface area contributed by atoms with Crippen molar-refractivity contribution >= 4 is 34.8 Å². The summed E-state index contributed by atoms with van der Waals surface area (Å²) in [4.78, 5) is 18.4. The minimum Gasteiger partial charge on any atom is -0.396 e. The Morgan fingerprint density at radius 3 is 2.78 bits per heavy atom. The molecule has 3 rings (SSSR count). The minimum absolute atomic E-state index is 0.146. The molecule has 0 aliphatic rings. The highest BCUT2D eigenvalue weighted by Crippen LogP contribution is 2.31. The summed E-state index contributed by atoms with van der Waals surface area (Å²) in [5.41, 5.74) is 2.84. The number of rotatable bonds is 7. The van der Waals surface area contributed by atoms with Gasteiger partial charge in [0.15, 0.2) is 0 Å². The standard InChI is InChI=1S/C20H19FN2O2S2/c1-13-17(15-2-4-16(21)5-3-15)11-18(27-13)20(25)23-19-10-14(6-7-22-19)12-26-9-8-24/h2-7,10-11,24H,8-9,12H2,1H3,(H,22,23,25). The van der Waals surface area contributed by atoms with Crippen molar-refractivity contribution in [3.63, 3.8) is 0 Å². The number of aliphatic hydroxyl groups is 1. The number of thioether (sulfide) groups is 1. The van der Waals surface area contributed by atoms with Gasteiger partial charge in [-0.25, -0.2) is 9.37 Å². The molecule has 4 nitrogen and oxygen atoms in total. The fourth-order valence-electron chi connectivity index (χ4n) is 2.57. The van der Waals surface area contributed by atoms with Crippen LogP contribution in [0.1, 0.15) is 20.1 Å². The molecule has 0 aliphatic carbocycles. The van der Waals surface area contributed by atoms with Crippen LogP contribution >= 0.6 is 23.1 Å². The van der Waals surface area contributed by atoms with Crippen molar-refractivity contribution in [1.29, 1.82) is 0 Å². The number of thiophene rings is 1. The van der Waals surface area contributed by atoms with E-state index in [2.05, 4.69) is 10.3 Å². The van der Waals surface area contributed by atoms with E-state index in [9.17, 15) is 9.18 Å². The molecule has 2 aromatic heterocycles. The average Bonchev–Trinajstić information content (AvgIpc) is 3.05. The van der Waals surface area contributed by atoms with Crippen LogP contribution in [0.5, 0.6) is 0 Å². The number of benzene rings is 1. The van der Waals surface area contributed by atoms with Crippen molar-refractivity contribution in [2.45, 2.75) is 12.7 Å². The molecule has 0 bridgehead atoms. The Labute approximate surface area is 165 Å². The molecule has 0 atom stereocenters. The number of aliphatic hydroxyl groups excluding tert-OH is 1. The van der Waals surface area contributed by atoms with E-state index < -0.39 is 0 Å². The van der Waals surface area contributed by atoms with Crippen molar-refractivity contribution in [3.8, 4) is 11.1 Å². The third-order valence-corrected chi connectivity index (χ3v) is 5.93. The molecule has 1 amide bonds. The lowest BCUT2D eigenvalue weighted by Crippen LogP contribution is -2.11. The van der Waals surface area contributed by atoms with Crippen LogP contribution in [0.25, 0.3) is 11.1 Å². The summed E-state index contributed by atoms with van der Waals surface area (Å²) >= 11 is 3.02. The SMILES string of the molecule is Cc1sc(C(=O)Nc2cc(CSCCO)ccn2)cc1-c1ccc(F)cc1. The lowest BCUT2D eigenvalue weighted by Gasteiger charge is -2.05. The van der Waals surface area contributed by atoms with Crippen molar-refractivity contribution in [1.82, 2.24) is 4.98 Å². The van der Waals surface area contributed by atoms with Gasteiger partial charge in [-0.2, -0.15) is 11.8 Å². The summed E-state index contributed by atoms with van der Waals surface area (Å²) in [6, 6.07) is 11.8. The van der Waals surface area contributed by atoms with E-state index in [0.717, 1.165) is 27.3 Å². The summed E-state index contributed by atoms with van der Waals surface area (Å²) in [7, 11) is 0. The van der Waals surface area contributed by atoms with Gasteiger partial charge in [0, 0.05) is 22.6 Å². The van der Waals surface area contributed by atoms with Gasteiger partial charge in [0.2, 0.25) is 0 Å². The van der Waals surface area contributed by atoms with Crippen LogP contribution in [0.3, 0.4) is 0 Å². The summed E-state index contributed by atoms with van der Waals surface area (Å²) in [6.07, 6.45) is 1.66. The van der Waals surface area contributed by atoms with E-state index in [1.165, 1.54) is 23.5 Å². The van der Waals surface area contributed by atoms with Crippen molar-refractivity contribution in [2.75, 3.05) is 17.7 Å². The van der Waals surface area contributed by atoms with E-state index in [0.29, 0.717) is 16.4 Å². The van der Waals surface area contributed by atoms with Crippen molar-refractivity contribution in [3.05, 3.63) is 69.8 Å². The Bertz CT molecular complexity index is 926. The highest BCUT2D eigenvalue weighted by molar-refractivity contribution is 7.98. The molecule has 0 saturated carbocycles. The molecular weight excluding hydrogens is 383 g/mol. The van der Waals surface area contributed by atoms with Gasteiger partial charge in [-0.3, -0.25) is 4.79 Å². The lowest BCUT2D eigenvalue weighted by atomic mass is 10.1. The van der Waals surface area contributed by atoms with Gasteiger partial charge in [-0.1, -0.05) is 12.1 Å². The molecule has 2 N–H and O–H groups in total. The van der Waals surface area contributed by atoms with Crippen LogP contribution in [0, 0.1) is 12.7 Å². The third kappa shape index (κ3) is 5.15. The second-order valence-corrected chi connectivity index (χ2v) is 8.23. The second kappa shape index (κ2) is 9.12. The molecule has 0 aliphatic heterocycles. The Morgan fingerprint density at radius 1 is 1.26 bits per heavy atom. The van der Waals surface area contributed by atoms with Gasteiger partial charge in [0.1, 0.15) is 11.6 Å². The molecule has 0 unspecified atom stereocenters. The number of carbonyl (C=O) groups excluding carboxylic acids is 1. The zero-order chi connectivity index (χ0) is 19.2. The number of amides is 1. The van der Waals surface area contributed by atoms with Gasteiger partial charge < -0.3 is 10.4 Å². The average molecular weight is 403 g/mol. The maximum atomic E-state index is 13.1. The van der Waals surface area contributed by atoms with Gasteiger partial charge in [-0.05, 0) is 53.9 Å². The first kappa shape index (κ1) is 19.5. The molecule has 7 heteroatoms. The van der Waals surface area contributed by atoms with Crippen LogP contribution in [-0.4, -0.2) is 28.4 Å². The number of nitrogens with zero attached hydrogens (tertiary/aromatic N) is 1. The third-order valence-electron chi connectivity index (χ3n) is 3.87. The van der Waals surface area contributed by atoms with Gasteiger partial charge in [0.25, 0.3) is 5.91 Å². The molecule has 3 aromatic rings. The number of pyridine rings is 1. The van der Waals surface area contributed by atoms with Crippen LogP contribution < -0.4 is 5.32 Å². The first-order valence-corrected chi connectivity index (χ1v) is 10.3. The summed E-state index contributed by atoms with van der Waals surface area (Å²) < 4.78 is 13.1. The number of halogens is 1. The summed E-state index contributed by atoms with van der Waals surface area (Å²) in [5, 5.41) is 11.7. The zero-order valence-electron chi connectivity index (χ0n) is 14.7. The minimum atomic E-state index is -0.285. The van der Waals surface area contributed by atoms with E-state index in [1.807, 2.05) is 25.1 Å². The fraction of sp³-hybridized carbons (Fsp3) is 0.200. The van der Waals surface area contributed by atoms with Crippen molar-refractivity contribution in [2.24, 2.45) is 0 Å². The van der Waals surface area contributed by atoms with Gasteiger partial charge in [0.05, 0.1) is 11.5 Å². The Hall–Kier alpha value is -2.22. The predicted molar refractivity (Wildman–Crippen MR) is 110 cm³/mol. The van der Waals surface area contributed by atoms with Crippen LogP contribution in [0.4, 0.5) is 10.2 Å². The molecular formula is C20H19FN2O2S2. The highest BCUT2D eigenvalue weighted by Gasteiger charge is 2.14. The fourth-order valence-corrected chi connectivity index (χ4v) is 4.20. The monoisotopic (exact) mass is 402 g/mol. The first-order chi connectivity index (χ1) is 13.1. The van der Waals surface area contributed by atoms with E-state index in [1.54, 1.807) is 30.1 Å². The number of aryl methyl sites for hydroxylation is 1. The maximum absolute atomic E-state index is 13.1. The number of anilines is 1. The lowest BCUT2D eigenvalue weighted by molar-refractivity contribution is 0.103. The second-order valence-electron chi connectivity index (χ2n) is 5.87. The molecule has 0 radical (unpaired) electrons. The van der Waals surface area contributed by atoms with Gasteiger partial charge >= 0.3 is 0 Å². The van der Waals surface area contributed by atoms with E-state index in [4.69, 9.17) is 5.11 Å². The van der Waals surface area contributed by atoms with E-state index >= 15 is 0 Å². The molecule has 140 valence electrons. The molecule has 2 heterocycles. The maximum Gasteiger partial charge on any atom is 0.266 e. The van der Waals surface area contributed by atoms with Crippen LogP contribution in [0.2, 0.25) is 0 Å². The molecule has 0 spiro atoms. The topological polar surface area (TPSA) is 62.2 Å². The van der Waals surface area contributed by atoms with E-state index in [-0.39, 0.29) is 18.3 Å². The number of hydrogen-bond donors (Lipinski definition) is 2. The molecule has 27 heavy (non-hydrogen) atoms. The molecule has 1 aromatic carbocycles. The smallest absolute Gasteiger partial charge is 0.266 e. The number of carbonyl (C=O) groups is 1.